The Morgan fingerprint density at radius 3 is 2.73 bits per heavy atom. The molecule has 148 valence electrons. The highest BCUT2D eigenvalue weighted by atomic mass is 19.1. The summed E-state index contributed by atoms with van der Waals surface area (Å²) < 4.78 is 20.0. The lowest BCUT2D eigenvalue weighted by Crippen LogP contribution is -2.29. The van der Waals surface area contributed by atoms with Crippen LogP contribution in [-0.2, 0) is 11.3 Å². The summed E-state index contributed by atoms with van der Waals surface area (Å²) >= 11 is 0. The second-order valence-corrected chi connectivity index (χ2v) is 6.75. The number of hydrogen-bond acceptors (Lipinski definition) is 4. The maximum atomic E-state index is 14.9. The first-order chi connectivity index (χ1) is 14.5. The molecule has 3 aromatic rings. The molecule has 1 aliphatic rings. The van der Waals surface area contributed by atoms with E-state index in [1.165, 1.54) is 31.2 Å². The van der Waals surface area contributed by atoms with E-state index in [0.29, 0.717) is 34.1 Å². The standard InChI is InChI=1S/C23H17FN4O2/c1-14(29)28-13-17-10-19(24)23(16-6-9-22(30-3)26-12-16)27-20(17)8-5-15-4-7-18(25-2)11-21(15)28/h4-12H,13H2,1,3H3/b8-5-. The van der Waals surface area contributed by atoms with Gasteiger partial charge in [0.1, 0.15) is 11.5 Å². The molecule has 6 nitrogen and oxygen atoms in total. The Hall–Kier alpha value is -4.05. The van der Waals surface area contributed by atoms with Gasteiger partial charge in [-0.15, -0.1) is 0 Å². The van der Waals surface area contributed by atoms with Gasteiger partial charge in [-0.05, 0) is 29.8 Å². The van der Waals surface area contributed by atoms with Crippen molar-refractivity contribution in [2.24, 2.45) is 0 Å². The van der Waals surface area contributed by atoms with Crippen LogP contribution >= 0.6 is 0 Å². The second kappa shape index (κ2) is 7.76. The number of methoxy groups -OCH3 is 1. The fourth-order valence-corrected chi connectivity index (χ4v) is 3.34. The summed E-state index contributed by atoms with van der Waals surface area (Å²) in [4.78, 5) is 26.0. The third kappa shape index (κ3) is 3.51. The van der Waals surface area contributed by atoms with E-state index in [1.807, 2.05) is 6.08 Å². The molecule has 1 amide bonds. The van der Waals surface area contributed by atoms with Gasteiger partial charge in [-0.3, -0.25) is 4.79 Å². The molecule has 0 bridgehead atoms. The second-order valence-electron chi connectivity index (χ2n) is 6.75. The lowest BCUT2D eigenvalue weighted by atomic mass is 10.0. The highest BCUT2D eigenvalue weighted by Gasteiger charge is 2.21. The predicted molar refractivity (Wildman–Crippen MR) is 112 cm³/mol. The maximum Gasteiger partial charge on any atom is 0.224 e. The lowest BCUT2D eigenvalue weighted by Gasteiger charge is -2.26. The number of nitrogens with zero attached hydrogens (tertiary/aromatic N) is 4. The normalized spacial score (nSPS) is 13.3. The van der Waals surface area contributed by atoms with Gasteiger partial charge in [0.15, 0.2) is 5.69 Å². The lowest BCUT2D eigenvalue weighted by molar-refractivity contribution is -0.116. The van der Waals surface area contributed by atoms with Gasteiger partial charge < -0.3 is 9.64 Å². The quantitative estimate of drug-likeness (QED) is 0.576. The number of pyridine rings is 2. The Morgan fingerprint density at radius 2 is 2.07 bits per heavy atom. The highest BCUT2D eigenvalue weighted by molar-refractivity contribution is 5.96. The molecular formula is C23H17FN4O2. The topological polar surface area (TPSA) is 59.7 Å². The SMILES string of the molecule is [C-]#[N+]c1ccc2c(c1)N(C(C)=O)Cc1cc(F)c(-c3ccc(OC)nc3)nc1/C=C\2. The number of fused-ring (bicyclic) bond motifs is 2. The van der Waals surface area contributed by atoms with E-state index >= 15 is 0 Å². The first-order valence-electron chi connectivity index (χ1n) is 9.17. The van der Waals surface area contributed by atoms with Crippen LogP contribution in [-0.4, -0.2) is 23.0 Å². The summed E-state index contributed by atoms with van der Waals surface area (Å²) in [6, 6.07) is 9.89. The van der Waals surface area contributed by atoms with E-state index in [2.05, 4.69) is 14.8 Å². The Bertz CT molecular complexity index is 1210. The number of aromatic nitrogens is 2. The van der Waals surface area contributed by atoms with Crippen LogP contribution in [0.5, 0.6) is 5.88 Å². The molecule has 3 heterocycles. The molecule has 0 aliphatic carbocycles. The molecule has 0 spiro atoms. The van der Waals surface area contributed by atoms with Crippen molar-refractivity contribution in [1.29, 1.82) is 0 Å². The maximum absolute atomic E-state index is 14.9. The van der Waals surface area contributed by atoms with Gasteiger partial charge in [-0.25, -0.2) is 19.2 Å². The Balaban J connectivity index is 1.84. The number of hydrogen-bond donors (Lipinski definition) is 0. The zero-order valence-corrected chi connectivity index (χ0v) is 16.4. The summed E-state index contributed by atoms with van der Waals surface area (Å²) in [5.41, 5.74) is 3.66. The van der Waals surface area contributed by atoms with Crippen LogP contribution in [0, 0.1) is 12.4 Å². The molecule has 0 atom stereocenters. The number of anilines is 1. The van der Waals surface area contributed by atoms with Crippen molar-refractivity contribution in [1.82, 2.24) is 9.97 Å². The van der Waals surface area contributed by atoms with Gasteiger partial charge in [0.2, 0.25) is 11.8 Å². The summed E-state index contributed by atoms with van der Waals surface area (Å²) in [7, 11) is 1.51. The number of halogens is 1. The number of carbonyl (C=O) groups is 1. The van der Waals surface area contributed by atoms with Crippen LogP contribution in [0.25, 0.3) is 28.3 Å². The smallest absolute Gasteiger partial charge is 0.224 e. The molecule has 1 aliphatic heterocycles. The average Bonchev–Trinajstić information content (AvgIpc) is 2.75. The summed E-state index contributed by atoms with van der Waals surface area (Å²) in [5.74, 6) is -0.283. The van der Waals surface area contributed by atoms with Gasteiger partial charge in [0, 0.05) is 36.0 Å². The molecule has 0 saturated heterocycles. The van der Waals surface area contributed by atoms with E-state index in [9.17, 15) is 9.18 Å². The third-order valence-corrected chi connectivity index (χ3v) is 4.87. The molecule has 0 N–H and O–H groups in total. The molecule has 2 aromatic heterocycles. The van der Waals surface area contributed by atoms with E-state index < -0.39 is 5.82 Å². The molecule has 1 aromatic carbocycles. The molecule has 0 radical (unpaired) electrons. The number of carbonyl (C=O) groups excluding carboxylic acids is 1. The largest absolute Gasteiger partial charge is 0.481 e. The average molecular weight is 400 g/mol. The number of rotatable bonds is 2. The molecule has 0 fully saturated rings. The minimum absolute atomic E-state index is 0.147. The summed E-state index contributed by atoms with van der Waals surface area (Å²) in [6.07, 6.45) is 5.12. The molecule has 0 saturated carbocycles. The van der Waals surface area contributed by atoms with E-state index in [-0.39, 0.29) is 18.1 Å². The number of amides is 1. The van der Waals surface area contributed by atoms with Crippen LogP contribution in [0.2, 0.25) is 0 Å². The van der Waals surface area contributed by atoms with Crippen molar-refractivity contribution in [3.05, 3.63) is 76.7 Å². The van der Waals surface area contributed by atoms with Crippen LogP contribution in [0.4, 0.5) is 15.8 Å². The summed E-state index contributed by atoms with van der Waals surface area (Å²) in [5, 5.41) is 0. The van der Waals surface area contributed by atoms with Crippen LogP contribution < -0.4 is 9.64 Å². The van der Waals surface area contributed by atoms with Gasteiger partial charge >= 0.3 is 0 Å². The van der Waals surface area contributed by atoms with Crippen molar-refractivity contribution in [3.63, 3.8) is 0 Å². The monoisotopic (exact) mass is 400 g/mol. The van der Waals surface area contributed by atoms with Crippen molar-refractivity contribution < 1.29 is 13.9 Å². The van der Waals surface area contributed by atoms with Gasteiger partial charge in [-0.1, -0.05) is 18.2 Å². The van der Waals surface area contributed by atoms with Gasteiger partial charge in [0.05, 0.1) is 25.9 Å². The highest BCUT2D eigenvalue weighted by Crippen LogP contribution is 2.33. The molecule has 0 unspecified atom stereocenters. The van der Waals surface area contributed by atoms with Crippen LogP contribution in [0.1, 0.15) is 23.7 Å². The number of benzene rings is 1. The minimum Gasteiger partial charge on any atom is -0.481 e. The Labute approximate surface area is 173 Å². The number of ether oxygens (including phenoxy) is 1. The summed E-state index contributed by atoms with van der Waals surface area (Å²) in [6.45, 7) is 8.83. The Kier molecular flexibility index (Phi) is 4.98. The zero-order chi connectivity index (χ0) is 21.3. The molecule has 4 rings (SSSR count). The van der Waals surface area contributed by atoms with Gasteiger partial charge in [0.25, 0.3) is 0 Å². The third-order valence-electron chi connectivity index (χ3n) is 4.87. The van der Waals surface area contributed by atoms with Crippen LogP contribution in [0.15, 0.2) is 42.6 Å². The van der Waals surface area contributed by atoms with E-state index in [0.717, 1.165) is 5.56 Å². The predicted octanol–water partition coefficient (Wildman–Crippen LogP) is 4.88. The molecule has 7 heteroatoms. The minimum atomic E-state index is -0.506. The van der Waals surface area contributed by atoms with Crippen molar-refractivity contribution in [3.8, 4) is 17.1 Å². The Morgan fingerprint density at radius 1 is 1.23 bits per heavy atom. The first-order valence-corrected chi connectivity index (χ1v) is 9.17. The zero-order valence-electron chi connectivity index (χ0n) is 16.4. The van der Waals surface area contributed by atoms with Gasteiger partial charge in [-0.2, -0.15) is 0 Å². The van der Waals surface area contributed by atoms with E-state index in [1.54, 1.807) is 36.4 Å². The molecule has 30 heavy (non-hydrogen) atoms. The van der Waals surface area contributed by atoms with Crippen molar-refractivity contribution >= 4 is 29.4 Å². The fourth-order valence-electron chi connectivity index (χ4n) is 3.34. The van der Waals surface area contributed by atoms with E-state index in [4.69, 9.17) is 11.3 Å². The van der Waals surface area contributed by atoms with Crippen molar-refractivity contribution in [2.45, 2.75) is 13.5 Å². The fraction of sp³-hybridized carbons (Fsp3) is 0.130. The van der Waals surface area contributed by atoms with Crippen LogP contribution in [0.3, 0.4) is 0 Å². The first kappa shape index (κ1) is 19.3. The van der Waals surface area contributed by atoms with Crippen molar-refractivity contribution in [2.75, 3.05) is 12.0 Å². The molecular weight excluding hydrogens is 383 g/mol.